The Labute approximate surface area is 136 Å². The number of aromatic nitrogens is 2. The van der Waals surface area contributed by atoms with Crippen molar-refractivity contribution >= 4 is 28.4 Å². The summed E-state index contributed by atoms with van der Waals surface area (Å²) in [6, 6.07) is 8.12. The zero-order chi connectivity index (χ0) is 16.4. The van der Waals surface area contributed by atoms with Gasteiger partial charge < -0.3 is 9.73 Å². The van der Waals surface area contributed by atoms with Gasteiger partial charge in [-0.1, -0.05) is 11.6 Å². The standard InChI is InChI=1S/C16H14ClN3O3/c1-10(14-3-2-6-23-14)19-15(21)8-20-9-18-13-5-4-11(17)7-12(13)16(20)22/h2-7,9-10H,8H2,1H3,(H,19,21)/t10-/m1/s1. The van der Waals surface area contributed by atoms with Crippen LogP contribution in [0.5, 0.6) is 0 Å². The number of amides is 1. The Morgan fingerprint density at radius 1 is 1.43 bits per heavy atom. The summed E-state index contributed by atoms with van der Waals surface area (Å²) in [5.41, 5.74) is 0.235. The minimum absolute atomic E-state index is 0.126. The van der Waals surface area contributed by atoms with E-state index in [9.17, 15) is 9.59 Å². The molecule has 0 aliphatic rings. The summed E-state index contributed by atoms with van der Waals surface area (Å²) in [6.45, 7) is 1.68. The van der Waals surface area contributed by atoms with Crippen molar-refractivity contribution in [2.24, 2.45) is 0 Å². The van der Waals surface area contributed by atoms with Gasteiger partial charge in [0.05, 0.1) is 29.5 Å². The van der Waals surface area contributed by atoms with Gasteiger partial charge in [-0.3, -0.25) is 14.2 Å². The second-order valence-corrected chi connectivity index (χ2v) is 5.58. The van der Waals surface area contributed by atoms with E-state index >= 15 is 0 Å². The highest BCUT2D eigenvalue weighted by Crippen LogP contribution is 2.14. The number of benzene rings is 1. The van der Waals surface area contributed by atoms with Gasteiger partial charge in [0.1, 0.15) is 12.3 Å². The first-order valence-electron chi connectivity index (χ1n) is 7.02. The van der Waals surface area contributed by atoms with Crippen LogP contribution in [0.2, 0.25) is 5.02 Å². The molecule has 1 N–H and O–H groups in total. The molecule has 3 aromatic rings. The van der Waals surface area contributed by atoms with Crippen LogP contribution in [-0.4, -0.2) is 15.5 Å². The molecule has 0 spiro atoms. The second kappa shape index (κ2) is 6.26. The van der Waals surface area contributed by atoms with Gasteiger partial charge in [0, 0.05) is 5.02 Å². The van der Waals surface area contributed by atoms with Gasteiger partial charge in [-0.2, -0.15) is 0 Å². The third kappa shape index (κ3) is 3.27. The second-order valence-electron chi connectivity index (χ2n) is 5.14. The maximum absolute atomic E-state index is 12.4. The largest absolute Gasteiger partial charge is 0.467 e. The fraction of sp³-hybridized carbons (Fsp3) is 0.188. The number of furan rings is 1. The summed E-state index contributed by atoms with van der Waals surface area (Å²) < 4.78 is 6.48. The van der Waals surface area contributed by atoms with Crippen molar-refractivity contribution in [3.63, 3.8) is 0 Å². The monoisotopic (exact) mass is 331 g/mol. The number of carbonyl (C=O) groups is 1. The fourth-order valence-corrected chi connectivity index (χ4v) is 2.47. The van der Waals surface area contributed by atoms with E-state index in [1.54, 1.807) is 43.5 Å². The SMILES string of the molecule is C[C@@H](NC(=O)Cn1cnc2ccc(Cl)cc2c1=O)c1ccco1. The average molecular weight is 332 g/mol. The van der Waals surface area contributed by atoms with Crippen molar-refractivity contribution in [2.75, 3.05) is 0 Å². The summed E-state index contributed by atoms with van der Waals surface area (Å²) in [5.74, 6) is 0.341. The Morgan fingerprint density at radius 2 is 2.26 bits per heavy atom. The molecule has 6 nitrogen and oxygen atoms in total. The molecule has 118 valence electrons. The van der Waals surface area contributed by atoms with Crippen LogP contribution in [0.3, 0.4) is 0 Å². The number of halogens is 1. The summed E-state index contributed by atoms with van der Waals surface area (Å²) in [5, 5.41) is 3.60. The number of nitrogens with one attached hydrogen (secondary N) is 1. The zero-order valence-electron chi connectivity index (χ0n) is 12.3. The molecule has 1 amide bonds. The van der Waals surface area contributed by atoms with Crippen molar-refractivity contribution in [2.45, 2.75) is 19.5 Å². The lowest BCUT2D eigenvalue weighted by molar-refractivity contribution is -0.122. The Bertz CT molecular complexity index is 903. The minimum atomic E-state index is -0.307. The Morgan fingerprint density at radius 3 is 3.00 bits per heavy atom. The molecule has 3 rings (SSSR count). The van der Waals surface area contributed by atoms with Crippen LogP contribution >= 0.6 is 11.6 Å². The van der Waals surface area contributed by atoms with Gasteiger partial charge in [-0.15, -0.1) is 0 Å². The molecule has 0 aliphatic heterocycles. The molecule has 0 saturated heterocycles. The number of rotatable bonds is 4. The van der Waals surface area contributed by atoms with Crippen molar-refractivity contribution in [3.8, 4) is 0 Å². The molecule has 23 heavy (non-hydrogen) atoms. The van der Waals surface area contributed by atoms with E-state index in [0.717, 1.165) is 0 Å². The van der Waals surface area contributed by atoms with Crippen LogP contribution in [0, 0.1) is 0 Å². The van der Waals surface area contributed by atoms with Crippen LogP contribution in [0.15, 0.2) is 52.1 Å². The Hall–Kier alpha value is -2.60. The lowest BCUT2D eigenvalue weighted by Crippen LogP contribution is -2.33. The number of fused-ring (bicyclic) bond motifs is 1. The highest BCUT2D eigenvalue weighted by molar-refractivity contribution is 6.31. The maximum atomic E-state index is 12.4. The van der Waals surface area contributed by atoms with E-state index in [1.807, 2.05) is 0 Å². The Kier molecular flexibility index (Phi) is 4.16. The van der Waals surface area contributed by atoms with Crippen LogP contribution in [0.25, 0.3) is 10.9 Å². The first kappa shape index (κ1) is 15.3. The van der Waals surface area contributed by atoms with E-state index in [1.165, 1.54) is 10.9 Å². The molecule has 0 radical (unpaired) electrons. The van der Waals surface area contributed by atoms with Crippen molar-refractivity contribution in [1.82, 2.24) is 14.9 Å². The average Bonchev–Trinajstić information content (AvgIpc) is 3.05. The van der Waals surface area contributed by atoms with Gasteiger partial charge in [0.15, 0.2) is 0 Å². The molecule has 0 unspecified atom stereocenters. The smallest absolute Gasteiger partial charge is 0.261 e. The lowest BCUT2D eigenvalue weighted by Gasteiger charge is -2.12. The van der Waals surface area contributed by atoms with Crippen molar-refractivity contribution < 1.29 is 9.21 Å². The van der Waals surface area contributed by atoms with Gasteiger partial charge in [-0.05, 0) is 37.3 Å². The summed E-state index contributed by atoms with van der Waals surface area (Å²) in [4.78, 5) is 28.7. The molecule has 2 heterocycles. The predicted octanol–water partition coefficient (Wildman–Crippen LogP) is 2.52. The third-order valence-corrected chi connectivity index (χ3v) is 3.68. The minimum Gasteiger partial charge on any atom is -0.467 e. The number of hydrogen-bond acceptors (Lipinski definition) is 4. The zero-order valence-corrected chi connectivity index (χ0v) is 13.1. The summed E-state index contributed by atoms with van der Waals surface area (Å²) >= 11 is 5.91. The number of hydrogen-bond donors (Lipinski definition) is 1. The maximum Gasteiger partial charge on any atom is 0.261 e. The third-order valence-electron chi connectivity index (χ3n) is 3.45. The molecular formula is C16H14ClN3O3. The number of carbonyl (C=O) groups excluding carboxylic acids is 1. The fourth-order valence-electron chi connectivity index (χ4n) is 2.29. The van der Waals surface area contributed by atoms with E-state index < -0.39 is 0 Å². The van der Waals surface area contributed by atoms with Crippen LogP contribution in [0.4, 0.5) is 0 Å². The van der Waals surface area contributed by atoms with Crippen LogP contribution in [0.1, 0.15) is 18.7 Å². The molecule has 0 saturated carbocycles. The van der Waals surface area contributed by atoms with Gasteiger partial charge in [-0.25, -0.2) is 4.98 Å². The quantitative estimate of drug-likeness (QED) is 0.797. The van der Waals surface area contributed by atoms with E-state index in [4.69, 9.17) is 16.0 Å². The topological polar surface area (TPSA) is 77.1 Å². The number of nitrogens with zero attached hydrogens (tertiary/aromatic N) is 2. The van der Waals surface area contributed by atoms with E-state index in [-0.39, 0.29) is 24.1 Å². The molecule has 0 fully saturated rings. The van der Waals surface area contributed by atoms with Crippen LogP contribution in [-0.2, 0) is 11.3 Å². The van der Waals surface area contributed by atoms with E-state index in [0.29, 0.717) is 21.7 Å². The van der Waals surface area contributed by atoms with Crippen LogP contribution < -0.4 is 10.9 Å². The molecule has 2 aromatic heterocycles. The first-order chi connectivity index (χ1) is 11.0. The Balaban J connectivity index is 1.80. The molecule has 0 aliphatic carbocycles. The molecule has 0 bridgehead atoms. The normalized spacial score (nSPS) is 12.3. The molecular weight excluding hydrogens is 318 g/mol. The van der Waals surface area contributed by atoms with E-state index in [2.05, 4.69) is 10.3 Å². The summed E-state index contributed by atoms with van der Waals surface area (Å²) in [6.07, 6.45) is 2.90. The van der Waals surface area contributed by atoms with Crippen molar-refractivity contribution in [1.29, 1.82) is 0 Å². The highest BCUT2D eigenvalue weighted by atomic mass is 35.5. The van der Waals surface area contributed by atoms with Gasteiger partial charge in [0.2, 0.25) is 5.91 Å². The first-order valence-corrected chi connectivity index (χ1v) is 7.40. The molecule has 7 heteroatoms. The molecule has 1 atom stereocenters. The predicted molar refractivity (Wildman–Crippen MR) is 86.3 cm³/mol. The summed E-state index contributed by atoms with van der Waals surface area (Å²) in [7, 11) is 0. The van der Waals surface area contributed by atoms with Gasteiger partial charge >= 0.3 is 0 Å². The van der Waals surface area contributed by atoms with Gasteiger partial charge in [0.25, 0.3) is 5.56 Å². The molecule has 1 aromatic carbocycles. The van der Waals surface area contributed by atoms with Crippen molar-refractivity contribution in [3.05, 3.63) is 64.1 Å². The highest BCUT2D eigenvalue weighted by Gasteiger charge is 2.13. The lowest BCUT2D eigenvalue weighted by atomic mass is 10.2.